The number of azo groups is 3. The summed E-state index contributed by atoms with van der Waals surface area (Å²) >= 11 is 0.506. The molecule has 5 N–H and O–H groups in total. The van der Waals surface area contributed by atoms with Crippen LogP contribution in [0.4, 0.5) is 51.2 Å². The third-order valence-corrected chi connectivity index (χ3v) is 10.7. The van der Waals surface area contributed by atoms with Gasteiger partial charge in [0, 0.05) is 17.8 Å². The van der Waals surface area contributed by atoms with E-state index in [1.165, 1.54) is 78.9 Å². The van der Waals surface area contributed by atoms with Crippen molar-refractivity contribution in [2.24, 2.45) is 30.7 Å². The van der Waals surface area contributed by atoms with Gasteiger partial charge in [0.25, 0.3) is 25.8 Å². The summed E-state index contributed by atoms with van der Waals surface area (Å²) in [7, 11) is -8.90. The van der Waals surface area contributed by atoms with Crippen molar-refractivity contribution in [1.29, 1.82) is 0 Å². The molecular weight excluding hydrogens is 803 g/mol. The lowest BCUT2D eigenvalue weighted by molar-refractivity contribution is -0.432. The minimum absolute atomic E-state index is 0.107. The maximum atomic E-state index is 13.1. The molecule has 6 rings (SSSR count). The highest BCUT2D eigenvalue weighted by Gasteiger charge is 2.19. The molecule has 0 heterocycles. The van der Waals surface area contributed by atoms with Crippen LogP contribution in [0.2, 0.25) is 0 Å². The van der Waals surface area contributed by atoms with Crippen LogP contribution in [0.3, 0.4) is 0 Å². The molecule has 290 valence electrons. The number of aryl methyl sites for hydroxylation is 1. The lowest BCUT2D eigenvalue weighted by Crippen LogP contribution is -2.12. The molecular formula is C35H27N9O10S3. The van der Waals surface area contributed by atoms with Gasteiger partial charge in [-0.05, 0) is 120 Å². The Morgan fingerprint density at radius 2 is 1.25 bits per heavy atom. The molecule has 0 aliphatic rings. The minimum atomic E-state index is -4.85. The molecule has 19 nitrogen and oxygen atoms in total. The second kappa shape index (κ2) is 17.1. The van der Waals surface area contributed by atoms with Gasteiger partial charge in [0.05, 0.1) is 49.5 Å². The van der Waals surface area contributed by atoms with Gasteiger partial charge >= 0.3 is 0 Å². The molecule has 0 spiro atoms. The number of hydrogen-bond donors (Lipinski definition) is 4. The Kier molecular flexibility index (Phi) is 12.0. The molecule has 6 aromatic carbocycles. The first-order chi connectivity index (χ1) is 27.2. The molecule has 6 aromatic rings. The SMILES string of the molecule is Cc1ccc(N=Nc2ccc(NS(=O)(=O)c3ccc(N=Nc4cc5cc(N=Nc6ccc([N+](=O)[O-])cc6)c(SOOO)cc5cc4S(=O)(=O)O)cc3)cc2)c(N)c1. The van der Waals surface area contributed by atoms with Crippen molar-refractivity contribution < 1.29 is 40.9 Å². The molecule has 0 aromatic heterocycles. The summed E-state index contributed by atoms with van der Waals surface area (Å²) in [5.41, 5.74) is 8.78. The van der Waals surface area contributed by atoms with Crippen LogP contribution >= 0.6 is 12.0 Å². The number of hydrogen-bond acceptors (Lipinski definition) is 17. The van der Waals surface area contributed by atoms with Crippen molar-refractivity contribution in [1.82, 2.24) is 0 Å². The number of nitrogens with one attached hydrogen (secondary N) is 1. The van der Waals surface area contributed by atoms with E-state index in [2.05, 4.69) is 44.8 Å². The molecule has 0 saturated carbocycles. The number of nitro groups is 1. The van der Waals surface area contributed by atoms with Crippen molar-refractivity contribution in [2.45, 2.75) is 21.6 Å². The second-order valence-corrected chi connectivity index (χ2v) is 15.6. The van der Waals surface area contributed by atoms with E-state index in [0.717, 1.165) is 11.6 Å². The Morgan fingerprint density at radius 3 is 1.82 bits per heavy atom. The van der Waals surface area contributed by atoms with E-state index in [1.54, 1.807) is 24.3 Å². The molecule has 0 radical (unpaired) electrons. The molecule has 0 bridgehead atoms. The summed E-state index contributed by atoms with van der Waals surface area (Å²) in [5.74, 6) is 0. The normalized spacial score (nSPS) is 12.3. The van der Waals surface area contributed by atoms with Gasteiger partial charge in [-0.1, -0.05) is 11.1 Å². The average Bonchev–Trinajstić information content (AvgIpc) is 3.18. The van der Waals surface area contributed by atoms with Gasteiger partial charge in [0.2, 0.25) is 0 Å². The van der Waals surface area contributed by atoms with Crippen molar-refractivity contribution in [2.75, 3.05) is 10.5 Å². The monoisotopic (exact) mass is 829 g/mol. The largest absolute Gasteiger partial charge is 0.397 e. The van der Waals surface area contributed by atoms with Gasteiger partial charge < -0.3 is 5.73 Å². The average molecular weight is 830 g/mol. The van der Waals surface area contributed by atoms with E-state index >= 15 is 0 Å². The molecule has 0 aliphatic heterocycles. The highest BCUT2D eigenvalue weighted by molar-refractivity contribution is 7.94. The Hall–Kier alpha value is -6.53. The van der Waals surface area contributed by atoms with Crippen LogP contribution < -0.4 is 10.5 Å². The van der Waals surface area contributed by atoms with E-state index in [4.69, 9.17) is 11.0 Å². The molecule has 0 atom stereocenters. The fourth-order valence-corrected chi connectivity index (χ4v) is 7.17. The lowest BCUT2D eigenvalue weighted by atomic mass is 10.1. The zero-order valence-electron chi connectivity index (χ0n) is 29.1. The van der Waals surface area contributed by atoms with Crippen molar-refractivity contribution in [3.8, 4) is 0 Å². The number of nitro benzene ring substituents is 1. The third-order valence-electron chi connectivity index (χ3n) is 7.76. The first kappa shape index (κ1) is 40.1. The maximum absolute atomic E-state index is 13.1. The molecule has 0 saturated heterocycles. The van der Waals surface area contributed by atoms with Gasteiger partial charge in [-0.15, -0.1) is 19.7 Å². The van der Waals surface area contributed by atoms with Crippen LogP contribution in [-0.2, 0) is 29.5 Å². The Labute approximate surface area is 327 Å². The smallest absolute Gasteiger partial charge is 0.296 e. The highest BCUT2D eigenvalue weighted by atomic mass is 32.2. The Balaban J connectivity index is 1.22. The summed E-state index contributed by atoms with van der Waals surface area (Å²) in [4.78, 5) is 9.88. The van der Waals surface area contributed by atoms with E-state index in [0.29, 0.717) is 34.5 Å². The van der Waals surface area contributed by atoms with Crippen LogP contribution in [0.25, 0.3) is 10.8 Å². The van der Waals surface area contributed by atoms with Crippen LogP contribution in [0.1, 0.15) is 5.56 Å². The van der Waals surface area contributed by atoms with Gasteiger partial charge in [-0.25, -0.2) is 13.7 Å². The van der Waals surface area contributed by atoms with Gasteiger partial charge in [-0.2, -0.15) is 23.8 Å². The highest BCUT2D eigenvalue weighted by Crippen LogP contribution is 2.39. The standard InChI is InChI=1S/C35H27N9O10S3/c1-21-2-15-31(30(36)16-21)40-37-24-3-5-27(6-4-24)43-56(48,49)29-13-9-26(10-14-29)39-42-33-18-22-17-32(41-38-25-7-11-28(12-8-25)44(45)46)34(55-54-53-47)19-23(22)20-35(33)57(50,51)52/h2-20,43,47H,36H2,1H3,(H,50,51,52). The predicted molar refractivity (Wildman–Crippen MR) is 209 cm³/mol. The number of fused-ring (bicyclic) bond motifs is 1. The van der Waals surface area contributed by atoms with Crippen molar-refractivity contribution in [3.05, 3.63) is 131 Å². The molecule has 57 heavy (non-hydrogen) atoms. The van der Waals surface area contributed by atoms with Crippen LogP contribution in [0.15, 0.2) is 161 Å². The lowest BCUT2D eigenvalue weighted by Gasteiger charge is -2.09. The summed E-state index contributed by atoms with van der Waals surface area (Å²) < 4.78 is 68.1. The van der Waals surface area contributed by atoms with Crippen LogP contribution in [-0.4, -0.2) is 31.6 Å². The third kappa shape index (κ3) is 10.2. The zero-order valence-corrected chi connectivity index (χ0v) is 31.5. The number of nitrogens with two attached hydrogens (primary N) is 1. The van der Waals surface area contributed by atoms with Gasteiger partial charge in [0.1, 0.15) is 22.0 Å². The summed E-state index contributed by atoms with van der Waals surface area (Å²) in [5, 5.41) is 48.6. The fourth-order valence-electron chi connectivity index (χ4n) is 5.01. The van der Waals surface area contributed by atoms with E-state index in [9.17, 15) is 31.5 Å². The number of non-ortho nitro benzene ring substituents is 1. The minimum Gasteiger partial charge on any atom is -0.397 e. The topological polar surface area (TPSA) is 283 Å². The molecule has 0 unspecified atom stereocenters. The fraction of sp³-hybridized carbons (Fsp3) is 0.0286. The summed E-state index contributed by atoms with van der Waals surface area (Å²) in [6.07, 6.45) is 0. The molecule has 0 aliphatic carbocycles. The number of rotatable bonds is 14. The molecule has 0 amide bonds. The summed E-state index contributed by atoms with van der Waals surface area (Å²) in [6.45, 7) is 1.91. The summed E-state index contributed by atoms with van der Waals surface area (Å²) in [6, 6.07) is 27.3. The van der Waals surface area contributed by atoms with E-state index in [1.807, 2.05) is 13.0 Å². The van der Waals surface area contributed by atoms with E-state index < -0.39 is 30.0 Å². The molecule has 0 fully saturated rings. The van der Waals surface area contributed by atoms with Gasteiger partial charge in [0.15, 0.2) is 0 Å². The first-order valence-corrected chi connectivity index (χ1v) is 19.7. The Morgan fingerprint density at radius 1 is 0.702 bits per heavy atom. The van der Waals surface area contributed by atoms with Crippen molar-refractivity contribution >= 4 is 94.1 Å². The zero-order chi connectivity index (χ0) is 40.7. The van der Waals surface area contributed by atoms with Gasteiger partial charge in [-0.3, -0.25) is 19.4 Å². The van der Waals surface area contributed by atoms with E-state index in [-0.39, 0.29) is 49.3 Å². The second-order valence-electron chi connectivity index (χ2n) is 11.8. The number of anilines is 2. The predicted octanol–water partition coefficient (Wildman–Crippen LogP) is 10.4. The Bertz CT molecular complexity index is 2790. The van der Waals surface area contributed by atoms with Crippen molar-refractivity contribution in [3.63, 3.8) is 0 Å². The number of sulfonamides is 1. The number of benzene rings is 6. The number of nitrogens with zero attached hydrogens (tertiary/aromatic N) is 7. The first-order valence-electron chi connectivity index (χ1n) is 16.0. The van der Waals surface area contributed by atoms with Crippen LogP contribution in [0.5, 0.6) is 0 Å². The quantitative estimate of drug-likeness (QED) is 0.0152. The number of nitrogen functional groups attached to an aromatic ring is 1. The maximum Gasteiger partial charge on any atom is 0.296 e. The van der Waals surface area contributed by atoms with Crippen LogP contribution in [0, 0.1) is 17.0 Å². The molecule has 22 heteroatoms.